The zero-order valence-electron chi connectivity index (χ0n) is 16.0. The minimum atomic E-state index is -3.54. The molecule has 0 aromatic heterocycles. The van der Waals surface area contributed by atoms with Crippen LogP contribution in [0, 0.1) is 0 Å². The largest absolute Gasteiger partial charge is 0.468 e. The van der Waals surface area contributed by atoms with Crippen molar-refractivity contribution in [1.29, 1.82) is 0 Å². The van der Waals surface area contributed by atoms with Crippen molar-refractivity contribution in [3.63, 3.8) is 0 Å². The van der Waals surface area contributed by atoms with Gasteiger partial charge in [0, 0.05) is 19.1 Å². The van der Waals surface area contributed by atoms with Gasteiger partial charge in [0.25, 0.3) is 0 Å². The first kappa shape index (κ1) is 20.3. The Balaban J connectivity index is 1.52. The zero-order chi connectivity index (χ0) is 19.3. The molecular weight excluding hydrogens is 364 g/mol. The summed E-state index contributed by atoms with van der Waals surface area (Å²) in [4.78, 5) is 12.2. The van der Waals surface area contributed by atoms with Crippen molar-refractivity contribution in [3.05, 3.63) is 29.8 Å². The molecular formula is C20H30N2O4S. The van der Waals surface area contributed by atoms with Gasteiger partial charge in [-0.15, -0.1) is 0 Å². The summed E-state index contributed by atoms with van der Waals surface area (Å²) in [5.74, 6) is -0.249. The first-order chi connectivity index (χ1) is 13.0. The molecule has 7 heteroatoms. The average molecular weight is 395 g/mol. The van der Waals surface area contributed by atoms with E-state index in [0.717, 1.165) is 18.4 Å². The molecule has 0 atom stereocenters. The first-order valence-electron chi connectivity index (χ1n) is 9.90. The third-order valence-electron chi connectivity index (χ3n) is 5.75. The van der Waals surface area contributed by atoms with E-state index in [1.807, 2.05) is 0 Å². The topological polar surface area (TPSA) is 84.5 Å². The lowest BCUT2D eigenvalue weighted by Crippen LogP contribution is -2.36. The fourth-order valence-corrected chi connectivity index (χ4v) is 4.94. The molecule has 2 saturated carbocycles. The summed E-state index contributed by atoms with van der Waals surface area (Å²) in [5.41, 5.74) is 0.246. The summed E-state index contributed by atoms with van der Waals surface area (Å²) in [6, 6.07) is 7.09. The molecule has 150 valence electrons. The van der Waals surface area contributed by atoms with Gasteiger partial charge >= 0.3 is 5.97 Å². The molecule has 2 fully saturated rings. The second-order valence-corrected chi connectivity index (χ2v) is 9.41. The highest BCUT2D eigenvalue weighted by atomic mass is 32.2. The van der Waals surface area contributed by atoms with Crippen LogP contribution in [0.4, 0.5) is 0 Å². The van der Waals surface area contributed by atoms with E-state index in [-0.39, 0.29) is 10.9 Å². The second kappa shape index (κ2) is 8.71. The molecule has 1 aromatic rings. The molecule has 6 nitrogen and oxygen atoms in total. The lowest BCUT2D eigenvalue weighted by atomic mass is 9.96. The number of rotatable bonds is 8. The van der Waals surface area contributed by atoms with E-state index in [4.69, 9.17) is 4.74 Å². The van der Waals surface area contributed by atoms with Gasteiger partial charge in [0.05, 0.1) is 17.4 Å². The minimum absolute atomic E-state index is 0.224. The predicted molar refractivity (Wildman–Crippen MR) is 104 cm³/mol. The van der Waals surface area contributed by atoms with Crippen molar-refractivity contribution in [2.45, 2.75) is 67.7 Å². The van der Waals surface area contributed by atoms with Crippen molar-refractivity contribution in [3.8, 4) is 0 Å². The van der Waals surface area contributed by atoms with E-state index in [1.54, 1.807) is 24.3 Å². The van der Waals surface area contributed by atoms with Gasteiger partial charge in [0.1, 0.15) is 0 Å². The lowest BCUT2D eigenvalue weighted by molar-refractivity contribution is -0.143. The van der Waals surface area contributed by atoms with E-state index < -0.39 is 15.4 Å². The fourth-order valence-electron chi connectivity index (χ4n) is 3.91. The van der Waals surface area contributed by atoms with E-state index in [1.165, 1.54) is 45.6 Å². The Kier molecular flexibility index (Phi) is 6.55. The Labute approximate surface area is 162 Å². The monoisotopic (exact) mass is 394 g/mol. The molecule has 0 radical (unpaired) electrons. The summed E-state index contributed by atoms with van der Waals surface area (Å²) in [6.07, 6.45) is 8.96. The van der Waals surface area contributed by atoms with Crippen LogP contribution in [0.25, 0.3) is 0 Å². The van der Waals surface area contributed by atoms with E-state index in [9.17, 15) is 13.2 Å². The number of hydrogen-bond acceptors (Lipinski definition) is 5. The Bertz CT molecular complexity index is 734. The third-order valence-corrected chi connectivity index (χ3v) is 7.23. The maximum absolute atomic E-state index is 12.5. The van der Waals surface area contributed by atoms with E-state index in [0.29, 0.717) is 19.1 Å². The predicted octanol–water partition coefficient (Wildman–Crippen LogP) is 2.48. The number of nitrogens with one attached hydrogen (secondary N) is 2. The van der Waals surface area contributed by atoms with Crippen molar-refractivity contribution < 1.29 is 17.9 Å². The quantitative estimate of drug-likeness (QED) is 0.402. The Morgan fingerprint density at radius 2 is 1.70 bits per heavy atom. The Morgan fingerprint density at radius 1 is 1.07 bits per heavy atom. The molecule has 2 N–H and O–H groups in total. The summed E-state index contributed by atoms with van der Waals surface area (Å²) in [5, 5.41) is 3.46. The van der Waals surface area contributed by atoms with Crippen LogP contribution in [0.15, 0.2) is 29.2 Å². The molecule has 0 heterocycles. The maximum Gasteiger partial charge on any atom is 0.316 e. The number of ether oxygens (including phenoxy) is 1. The van der Waals surface area contributed by atoms with Crippen LogP contribution in [-0.2, 0) is 25.0 Å². The lowest BCUT2D eigenvalue weighted by Gasteiger charge is -2.16. The summed E-state index contributed by atoms with van der Waals surface area (Å²) in [7, 11) is -2.16. The summed E-state index contributed by atoms with van der Waals surface area (Å²) in [6.45, 7) is 1.00. The van der Waals surface area contributed by atoms with Crippen molar-refractivity contribution >= 4 is 16.0 Å². The number of carbonyl (C=O) groups excluding carboxylic acids is 1. The van der Waals surface area contributed by atoms with Crippen LogP contribution >= 0.6 is 0 Å². The van der Waals surface area contributed by atoms with Crippen LogP contribution in [0.5, 0.6) is 0 Å². The second-order valence-electron chi connectivity index (χ2n) is 7.64. The van der Waals surface area contributed by atoms with Crippen molar-refractivity contribution in [1.82, 2.24) is 10.0 Å². The van der Waals surface area contributed by atoms with Gasteiger partial charge in [-0.1, -0.05) is 37.8 Å². The van der Waals surface area contributed by atoms with Gasteiger partial charge in [0.15, 0.2) is 0 Å². The Hall–Kier alpha value is -1.44. The molecule has 2 aliphatic rings. The molecule has 0 spiro atoms. The highest BCUT2D eigenvalue weighted by Gasteiger charge is 2.52. The number of methoxy groups -OCH3 is 1. The van der Waals surface area contributed by atoms with Crippen LogP contribution in [0.1, 0.15) is 56.9 Å². The number of sulfonamides is 1. The number of benzene rings is 1. The number of carbonyl (C=O) groups is 1. The van der Waals surface area contributed by atoms with Crippen molar-refractivity contribution in [2.24, 2.45) is 0 Å². The molecule has 2 aliphatic carbocycles. The van der Waals surface area contributed by atoms with E-state index in [2.05, 4.69) is 10.0 Å². The summed E-state index contributed by atoms with van der Waals surface area (Å²) >= 11 is 0. The summed E-state index contributed by atoms with van der Waals surface area (Å²) < 4.78 is 32.5. The molecule has 0 saturated heterocycles. The zero-order valence-corrected chi connectivity index (χ0v) is 16.8. The molecule has 27 heavy (non-hydrogen) atoms. The van der Waals surface area contributed by atoms with Gasteiger partial charge in [-0.3, -0.25) is 4.79 Å². The SMILES string of the molecule is COC(=O)C1(c2ccc(S(=O)(=O)NCCNC3CCCCCC3)cc2)CC1. The van der Waals surface area contributed by atoms with Gasteiger partial charge in [-0.2, -0.15) is 0 Å². The van der Waals surface area contributed by atoms with Crippen LogP contribution in [0.3, 0.4) is 0 Å². The van der Waals surface area contributed by atoms with Gasteiger partial charge in [-0.25, -0.2) is 13.1 Å². The van der Waals surface area contributed by atoms with Crippen molar-refractivity contribution in [2.75, 3.05) is 20.2 Å². The standard InChI is InChI=1S/C20H30N2O4S/c1-26-19(23)20(12-13-20)16-8-10-18(11-9-16)27(24,25)22-15-14-21-17-6-4-2-3-5-7-17/h8-11,17,21-22H,2-7,12-15H2,1H3. The molecule has 0 aliphatic heterocycles. The molecule has 0 bridgehead atoms. The maximum atomic E-state index is 12.5. The van der Waals surface area contributed by atoms with Crippen LogP contribution in [-0.4, -0.2) is 40.6 Å². The normalized spacial score (nSPS) is 20.0. The highest BCUT2D eigenvalue weighted by molar-refractivity contribution is 7.89. The average Bonchev–Trinajstić information content (AvgIpc) is 3.50. The first-order valence-corrected chi connectivity index (χ1v) is 11.4. The molecule has 0 amide bonds. The smallest absolute Gasteiger partial charge is 0.316 e. The van der Waals surface area contributed by atoms with Crippen LogP contribution < -0.4 is 10.0 Å². The third kappa shape index (κ3) is 4.89. The van der Waals surface area contributed by atoms with Gasteiger partial charge < -0.3 is 10.1 Å². The Morgan fingerprint density at radius 3 is 2.26 bits per heavy atom. The number of hydrogen-bond donors (Lipinski definition) is 2. The minimum Gasteiger partial charge on any atom is -0.468 e. The molecule has 1 aromatic carbocycles. The van der Waals surface area contributed by atoms with E-state index >= 15 is 0 Å². The van der Waals surface area contributed by atoms with Gasteiger partial charge in [0.2, 0.25) is 10.0 Å². The highest BCUT2D eigenvalue weighted by Crippen LogP contribution is 2.49. The van der Waals surface area contributed by atoms with Gasteiger partial charge in [-0.05, 0) is 43.4 Å². The molecule has 3 rings (SSSR count). The molecule has 0 unspecified atom stereocenters. The number of esters is 1. The van der Waals surface area contributed by atoms with Crippen LogP contribution in [0.2, 0.25) is 0 Å². The fraction of sp³-hybridized carbons (Fsp3) is 0.650.